The van der Waals surface area contributed by atoms with Crippen LogP contribution in [0, 0.1) is 12.8 Å². The van der Waals surface area contributed by atoms with Crippen molar-refractivity contribution < 1.29 is 31.2 Å². The second-order valence-corrected chi connectivity index (χ2v) is 9.53. The summed E-state index contributed by atoms with van der Waals surface area (Å²) in [7, 11) is -3.93. The zero-order chi connectivity index (χ0) is 23.7. The molecule has 0 unspecified atom stereocenters. The number of amides is 2. The molecule has 0 atom stereocenters. The summed E-state index contributed by atoms with van der Waals surface area (Å²) < 4.78 is 66.0. The third-order valence-corrected chi connectivity index (χ3v) is 7.29. The third-order valence-electron chi connectivity index (χ3n) is 5.40. The van der Waals surface area contributed by atoms with Crippen LogP contribution in [0.3, 0.4) is 0 Å². The van der Waals surface area contributed by atoms with Gasteiger partial charge in [0.2, 0.25) is 15.9 Å². The summed E-state index contributed by atoms with van der Waals surface area (Å²) in [6.07, 6.45) is -3.95. The van der Waals surface area contributed by atoms with Crippen LogP contribution in [0.5, 0.6) is 0 Å². The van der Waals surface area contributed by atoms with Gasteiger partial charge in [-0.3, -0.25) is 9.59 Å². The van der Waals surface area contributed by atoms with Crippen molar-refractivity contribution >= 4 is 27.5 Å². The van der Waals surface area contributed by atoms with Gasteiger partial charge in [-0.25, -0.2) is 8.42 Å². The molecule has 0 aliphatic carbocycles. The number of nitrogens with two attached hydrogens (primary N) is 1. The number of hydrogen-bond acceptors (Lipinski definition) is 4. The number of nitrogens with zero attached hydrogens (tertiary/aromatic N) is 1. The van der Waals surface area contributed by atoms with E-state index in [1.807, 2.05) is 0 Å². The lowest BCUT2D eigenvalue weighted by molar-refractivity contribution is -0.137. The van der Waals surface area contributed by atoms with Crippen molar-refractivity contribution in [3.05, 3.63) is 59.2 Å². The summed E-state index contributed by atoms with van der Waals surface area (Å²) in [6, 6.07) is 8.20. The average molecular weight is 469 g/mol. The molecular weight excluding hydrogens is 447 g/mol. The van der Waals surface area contributed by atoms with Gasteiger partial charge in [-0.05, 0) is 55.7 Å². The normalized spacial score (nSPS) is 16.0. The molecule has 0 radical (unpaired) electrons. The van der Waals surface area contributed by atoms with Gasteiger partial charge in [0.05, 0.1) is 10.5 Å². The van der Waals surface area contributed by atoms with E-state index in [1.165, 1.54) is 34.6 Å². The van der Waals surface area contributed by atoms with Crippen LogP contribution in [-0.4, -0.2) is 37.6 Å². The van der Waals surface area contributed by atoms with E-state index in [4.69, 9.17) is 5.73 Å². The zero-order valence-electron chi connectivity index (χ0n) is 17.1. The first-order chi connectivity index (χ1) is 14.9. The maximum atomic E-state index is 13.0. The number of benzene rings is 2. The minimum Gasteiger partial charge on any atom is -0.369 e. The van der Waals surface area contributed by atoms with E-state index in [0.717, 1.165) is 12.1 Å². The number of carbonyl (C=O) groups is 2. The summed E-state index contributed by atoms with van der Waals surface area (Å²) in [6.45, 7) is 1.83. The molecule has 3 rings (SSSR count). The van der Waals surface area contributed by atoms with Gasteiger partial charge in [0.15, 0.2) is 0 Å². The molecule has 0 spiro atoms. The molecule has 2 aromatic carbocycles. The molecule has 1 saturated heterocycles. The van der Waals surface area contributed by atoms with Gasteiger partial charge in [-0.2, -0.15) is 17.5 Å². The molecule has 1 fully saturated rings. The molecule has 3 N–H and O–H groups in total. The van der Waals surface area contributed by atoms with Crippen LogP contribution in [0.1, 0.15) is 34.3 Å². The van der Waals surface area contributed by atoms with E-state index < -0.39 is 33.6 Å². The highest BCUT2D eigenvalue weighted by molar-refractivity contribution is 7.89. The average Bonchev–Trinajstić information content (AvgIpc) is 2.73. The van der Waals surface area contributed by atoms with Crippen molar-refractivity contribution in [1.29, 1.82) is 0 Å². The van der Waals surface area contributed by atoms with E-state index in [0.29, 0.717) is 18.4 Å². The third kappa shape index (κ3) is 5.10. The largest absolute Gasteiger partial charge is 0.416 e. The number of aryl methyl sites for hydroxylation is 1. The van der Waals surface area contributed by atoms with Crippen LogP contribution in [0.2, 0.25) is 0 Å². The minimum absolute atomic E-state index is 0.0236. The Morgan fingerprint density at radius 2 is 1.75 bits per heavy atom. The highest BCUT2D eigenvalue weighted by Crippen LogP contribution is 2.31. The number of nitrogens with one attached hydrogen (secondary N) is 1. The van der Waals surface area contributed by atoms with Gasteiger partial charge >= 0.3 is 6.18 Å². The number of rotatable bonds is 5. The molecule has 7 nitrogen and oxygen atoms in total. The Morgan fingerprint density at radius 1 is 1.09 bits per heavy atom. The highest BCUT2D eigenvalue weighted by atomic mass is 32.2. The van der Waals surface area contributed by atoms with E-state index >= 15 is 0 Å². The second-order valence-electron chi connectivity index (χ2n) is 7.59. The molecular formula is C21H22F3N3O4S. The fourth-order valence-electron chi connectivity index (χ4n) is 3.51. The molecule has 172 valence electrons. The number of piperidine rings is 1. The van der Waals surface area contributed by atoms with Gasteiger partial charge in [0.25, 0.3) is 5.91 Å². The Hall–Kier alpha value is -2.92. The van der Waals surface area contributed by atoms with Crippen LogP contribution in [-0.2, 0) is 21.0 Å². The van der Waals surface area contributed by atoms with Crippen molar-refractivity contribution in [2.75, 3.05) is 18.4 Å². The molecule has 1 heterocycles. The molecule has 2 aromatic rings. The zero-order valence-corrected chi connectivity index (χ0v) is 18.0. The maximum Gasteiger partial charge on any atom is 0.416 e. The SMILES string of the molecule is Cc1ccc(S(=O)(=O)N2CCC(C(N)=O)CC2)cc1C(=O)Nc1cccc(C(F)(F)F)c1. The quantitative estimate of drug-likeness (QED) is 0.701. The minimum atomic E-state index is -4.56. The van der Waals surface area contributed by atoms with Crippen LogP contribution in [0.4, 0.5) is 18.9 Å². The first-order valence-corrected chi connectivity index (χ1v) is 11.2. The summed E-state index contributed by atoms with van der Waals surface area (Å²) in [5.74, 6) is -1.58. The van der Waals surface area contributed by atoms with Crippen molar-refractivity contribution in [1.82, 2.24) is 4.31 Å². The number of primary amides is 1. The lowest BCUT2D eigenvalue weighted by Crippen LogP contribution is -2.41. The summed E-state index contributed by atoms with van der Waals surface area (Å²) >= 11 is 0. The predicted molar refractivity (Wildman–Crippen MR) is 111 cm³/mol. The monoisotopic (exact) mass is 469 g/mol. The Labute approximate surface area is 183 Å². The number of sulfonamides is 1. The van der Waals surface area contributed by atoms with Gasteiger partial charge < -0.3 is 11.1 Å². The topological polar surface area (TPSA) is 110 Å². The molecule has 0 aromatic heterocycles. The molecule has 2 amide bonds. The summed E-state index contributed by atoms with van der Waals surface area (Å²) in [5.41, 5.74) is 4.79. The molecule has 11 heteroatoms. The van der Waals surface area contributed by atoms with Gasteiger partial charge in [-0.15, -0.1) is 0 Å². The Balaban J connectivity index is 1.83. The first-order valence-electron chi connectivity index (χ1n) is 9.78. The number of halogens is 3. The molecule has 1 aliphatic rings. The lowest BCUT2D eigenvalue weighted by Gasteiger charge is -2.29. The maximum absolute atomic E-state index is 13.0. The molecule has 1 aliphatic heterocycles. The lowest BCUT2D eigenvalue weighted by atomic mass is 9.98. The van der Waals surface area contributed by atoms with E-state index in [1.54, 1.807) is 6.92 Å². The van der Waals surface area contributed by atoms with E-state index in [2.05, 4.69) is 5.32 Å². The standard InChI is InChI=1S/C21H22F3N3O4S/c1-13-5-6-17(32(30,31)27-9-7-14(8-10-27)19(25)28)12-18(13)20(29)26-16-4-2-3-15(11-16)21(22,23)24/h2-6,11-12,14H,7-10H2,1H3,(H2,25,28)(H,26,29). The number of alkyl halides is 3. The number of carbonyl (C=O) groups excluding carboxylic acids is 2. The van der Waals surface area contributed by atoms with Crippen LogP contribution >= 0.6 is 0 Å². The highest BCUT2D eigenvalue weighted by Gasteiger charge is 2.32. The number of hydrogen-bond donors (Lipinski definition) is 2. The second kappa shape index (κ2) is 8.91. The fourth-order valence-corrected chi connectivity index (χ4v) is 5.00. The molecule has 0 saturated carbocycles. The van der Waals surface area contributed by atoms with Gasteiger partial charge in [0, 0.05) is 30.3 Å². The predicted octanol–water partition coefficient (Wildman–Crippen LogP) is 3.15. The van der Waals surface area contributed by atoms with E-state index in [9.17, 15) is 31.2 Å². The van der Waals surface area contributed by atoms with Crippen LogP contribution in [0.25, 0.3) is 0 Å². The first kappa shape index (κ1) is 23.7. The Morgan fingerprint density at radius 3 is 2.34 bits per heavy atom. The van der Waals surface area contributed by atoms with Crippen molar-refractivity contribution in [2.45, 2.75) is 30.8 Å². The fraction of sp³-hybridized carbons (Fsp3) is 0.333. The van der Waals surface area contributed by atoms with Gasteiger partial charge in [0.1, 0.15) is 0 Å². The Bertz CT molecular complexity index is 1140. The summed E-state index contributed by atoms with van der Waals surface area (Å²) in [4.78, 5) is 23.9. The van der Waals surface area contributed by atoms with E-state index in [-0.39, 0.29) is 35.2 Å². The molecule has 32 heavy (non-hydrogen) atoms. The van der Waals surface area contributed by atoms with Crippen molar-refractivity contribution in [3.8, 4) is 0 Å². The molecule has 0 bridgehead atoms. The van der Waals surface area contributed by atoms with Crippen LogP contribution in [0.15, 0.2) is 47.4 Å². The smallest absolute Gasteiger partial charge is 0.369 e. The number of anilines is 1. The van der Waals surface area contributed by atoms with Crippen molar-refractivity contribution in [2.24, 2.45) is 11.7 Å². The van der Waals surface area contributed by atoms with Crippen LogP contribution < -0.4 is 11.1 Å². The Kier molecular flexibility index (Phi) is 6.61. The van der Waals surface area contributed by atoms with Crippen molar-refractivity contribution in [3.63, 3.8) is 0 Å². The summed E-state index contributed by atoms with van der Waals surface area (Å²) in [5, 5.41) is 2.39. The van der Waals surface area contributed by atoms with Gasteiger partial charge in [-0.1, -0.05) is 12.1 Å².